The van der Waals surface area contributed by atoms with Crippen molar-refractivity contribution in [1.29, 1.82) is 0 Å². The first-order valence-corrected chi connectivity index (χ1v) is 10.9. The van der Waals surface area contributed by atoms with E-state index in [2.05, 4.69) is 56.7 Å². The monoisotopic (exact) mass is 423 g/mol. The van der Waals surface area contributed by atoms with Crippen molar-refractivity contribution in [1.82, 2.24) is 20.2 Å². The van der Waals surface area contributed by atoms with Crippen molar-refractivity contribution in [2.24, 2.45) is 0 Å². The Morgan fingerprint density at radius 1 is 1.23 bits per heavy atom. The van der Waals surface area contributed by atoms with Gasteiger partial charge in [0, 0.05) is 43.0 Å². The zero-order valence-electron chi connectivity index (χ0n) is 16.9. The highest BCUT2D eigenvalue weighted by molar-refractivity contribution is 7.14. The number of urea groups is 1. The van der Waals surface area contributed by atoms with Gasteiger partial charge in [0.15, 0.2) is 5.13 Å². The van der Waals surface area contributed by atoms with E-state index in [4.69, 9.17) is 4.74 Å². The smallest absolute Gasteiger partial charge is 0.321 e. The Labute approximate surface area is 180 Å². The fourth-order valence-corrected chi connectivity index (χ4v) is 4.16. The predicted molar refractivity (Wildman–Crippen MR) is 119 cm³/mol. The summed E-state index contributed by atoms with van der Waals surface area (Å²) in [6.45, 7) is 5.71. The van der Waals surface area contributed by atoms with Crippen LogP contribution in [0.1, 0.15) is 17.2 Å². The summed E-state index contributed by atoms with van der Waals surface area (Å²) in [5, 5.41) is 8.33. The van der Waals surface area contributed by atoms with Gasteiger partial charge in [-0.1, -0.05) is 29.8 Å². The fourth-order valence-electron chi connectivity index (χ4n) is 3.44. The molecule has 3 heterocycles. The predicted octanol–water partition coefficient (Wildman–Crippen LogP) is 3.71. The first kappa shape index (κ1) is 20.5. The van der Waals surface area contributed by atoms with Crippen molar-refractivity contribution in [2.75, 3.05) is 38.2 Å². The van der Waals surface area contributed by atoms with Crippen LogP contribution in [0.15, 0.2) is 54.2 Å². The molecule has 7 nitrogen and oxygen atoms in total. The van der Waals surface area contributed by atoms with Gasteiger partial charge in [0.05, 0.1) is 24.9 Å². The van der Waals surface area contributed by atoms with Crippen molar-refractivity contribution in [3.8, 4) is 11.3 Å². The number of carbonyl (C=O) groups excluding carboxylic acids is 1. The number of pyridine rings is 1. The van der Waals surface area contributed by atoms with Crippen LogP contribution in [-0.4, -0.2) is 53.7 Å². The van der Waals surface area contributed by atoms with Gasteiger partial charge >= 0.3 is 6.03 Å². The molecule has 1 atom stereocenters. The molecule has 0 bridgehead atoms. The van der Waals surface area contributed by atoms with E-state index in [1.165, 1.54) is 22.5 Å². The number of nitrogens with one attached hydrogen (secondary N) is 2. The molecule has 156 valence electrons. The topological polar surface area (TPSA) is 79.4 Å². The van der Waals surface area contributed by atoms with Gasteiger partial charge in [0.1, 0.15) is 0 Å². The fraction of sp³-hybridized carbons (Fsp3) is 0.318. The zero-order valence-corrected chi connectivity index (χ0v) is 17.7. The van der Waals surface area contributed by atoms with Crippen molar-refractivity contribution < 1.29 is 9.53 Å². The first-order valence-electron chi connectivity index (χ1n) is 9.98. The van der Waals surface area contributed by atoms with E-state index in [0.717, 1.165) is 24.3 Å². The molecule has 30 heavy (non-hydrogen) atoms. The van der Waals surface area contributed by atoms with Gasteiger partial charge in [-0.15, -0.1) is 11.3 Å². The number of ether oxygens (including phenoxy) is 1. The third-order valence-electron chi connectivity index (χ3n) is 5.09. The van der Waals surface area contributed by atoms with Crippen LogP contribution in [0, 0.1) is 6.92 Å². The molecule has 1 aromatic carbocycles. The van der Waals surface area contributed by atoms with Gasteiger partial charge in [0.25, 0.3) is 0 Å². The van der Waals surface area contributed by atoms with Crippen LogP contribution in [0.3, 0.4) is 0 Å². The summed E-state index contributed by atoms with van der Waals surface area (Å²) >= 11 is 1.40. The van der Waals surface area contributed by atoms with Crippen molar-refractivity contribution in [2.45, 2.75) is 13.0 Å². The number of carbonyl (C=O) groups is 1. The second-order valence-electron chi connectivity index (χ2n) is 7.19. The van der Waals surface area contributed by atoms with E-state index < -0.39 is 0 Å². The molecule has 2 amide bonds. The highest BCUT2D eigenvalue weighted by atomic mass is 32.1. The second kappa shape index (κ2) is 9.80. The highest BCUT2D eigenvalue weighted by Crippen LogP contribution is 2.24. The molecule has 0 aliphatic carbocycles. The van der Waals surface area contributed by atoms with Gasteiger partial charge in [0.2, 0.25) is 0 Å². The van der Waals surface area contributed by atoms with Crippen LogP contribution in [-0.2, 0) is 4.74 Å². The molecule has 3 aromatic rings. The molecular weight excluding hydrogens is 398 g/mol. The second-order valence-corrected chi connectivity index (χ2v) is 8.05. The summed E-state index contributed by atoms with van der Waals surface area (Å²) in [5.41, 5.74) is 4.14. The molecule has 2 aromatic heterocycles. The maximum atomic E-state index is 12.5. The Morgan fingerprint density at radius 2 is 2.03 bits per heavy atom. The van der Waals surface area contributed by atoms with Crippen LogP contribution in [0.25, 0.3) is 11.3 Å². The van der Waals surface area contributed by atoms with Crippen LogP contribution >= 0.6 is 11.3 Å². The summed E-state index contributed by atoms with van der Waals surface area (Å²) < 4.78 is 5.50. The standard InChI is InChI=1S/C22H25N5O2S/c1-16-4-6-17(7-5-16)20(27-9-11-29-12-10-27)14-24-21(28)26-22-25-19(15-30-22)18-3-2-8-23-13-18/h2-8,13,15,20H,9-12,14H2,1H3,(H2,24,25,26,28). The number of morpholine rings is 1. The van der Waals surface area contributed by atoms with Gasteiger partial charge in [-0.2, -0.15) is 0 Å². The van der Waals surface area contributed by atoms with Crippen molar-refractivity contribution in [3.63, 3.8) is 0 Å². The zero-order chi connectivity index (χ0) is 20.8. The molecule has 1 aliphatic rings. The van der Waals surface area contributed by atoms with Crippen LogP contribution in [0.2, 0.25) is 0 Å². The SMILES string of the molecule is Cc1ccc(C(CNC(=O)Nc2nc(-c3cccnc3)cs2)N2CCOCC2)cc1. The van der Waals surface area contributed by atoms with Crippen LogP contribution in [0.4, 0.5) is 9.93 Å². The van der Waals surface area contributed by atoms with E-state index in [1.54, 1.807) is 12.4 Å². The number of hydrogen-bond donors (Lipinski definition) is 2. The number of anilines is 1. The number of amides is 2. The highest BCUT2D eigenvalue weighted by Gasteiger charge is 2.23. The minimum absolute atomic E-state index is 0.0995. The van der Waals surface area contributed by atoms with Gasteiger partial charge in [-0.05, 0) is 24.6 Å². The molecule has 0 saturated carbocycles. The molecule has 0 radical (unpaired) electrons. The van der Waals surface area contributed by atoms with Crippen molar-refractivity contribution >= 4 is 22.5 Å². The molecule has 8 heteroatoms. The Bertz CT molecular complexity index is 955. The molecular formula is C22H25N5O2S. The van der Waals surface area contributed by atoms with Crippen molar-refractivity contribution in [3.05, 3.63) is 65.3 Å². The molecule has 1 saturated heterocycles. The Hall–Kier alpha value is -2.81. The molecule has 1 fully saturated rings. The Morgan fingerprint density at radius 3 is 2.77 bits per heavy atom. The Balaban J connectivity index is 1.39. The maximum Gasteiger partial charge on any atom is 0.321 e. The molecule has 0 spiro atoms. The number of aromatic nitrogens is 2. The molecule has 1 aliphatic heterocycles. The molecule has 2 N–H and O–H groups in total. The number of thiazole rings is 1. The van der Waals surface area contributed by atoms with Gasteiger partial charge in [-0.3, -0.25) is 15.2 Å². The minimum Gasteiger partial charge on any atom is -0.379 e. The molecule has 4 rings (SSSR count). The minimum atomic E-state index is -0.257. The number of aryl methyl sites for hydroxylation is 1. The summed E-state index contributed by atoms with van der Waals surface area (Å²) in [5.74, 6) is 0. The summed E-state index contributed by atoms with van der Waals surface area (Å²) in [6.07, 6.45) is 3.48. The quantitative estimate of drug-likeness (QED) is 0.632. The number of benzene rings is 1. The normalized spacial score (nSPS) is 15.5. The third kappa shape index (κ3) is 5.21. The van der Waals surface area contributed by atoms with Crippen LogP contribution in [0.5, 0.6) is 0 Å². The summed E-state index contributed by atoms with van der Waals surface area (Å²) in [4.78, 5) is 23.5. The summed E-state index contributed by atoms with van der Waals surface area (Å²) in [7, 11) is 0. The number of rotatable bonds is 6. The van der Waals surface area contributed by atoms with E-state index in [9.17, 15) is 4.79 Å². The summed E-state index contributed by atoms with van der Waals surface area (Å²) in [6, 6.07) is 12.1. The largest absolute Gasteiger partial charge is 0.379 e. The lowest BCUT2D eigenvalue weighted by molar-refractivity contribution is 0.0168. The lowest BCUT2D eigenvalue weighted by atomic mass is 10.0. The van der Waals surface area contributed by atoms with E-state index in [1.807, 2.05) is 17.5 Å². The lowest BCUT2D eigenvalue weighted by Crippen LogP contribution is -2.44. The van der Waals surface area contributed by atoms with E-state index in [-0.39, 0.29) is 12.1 Å². The van der Waals surface area contributed by atoms with Gasteiger partial charge < -0.3 is 10.1 Å². The number of nitrogens with zero attached hydrogens (tertiary/aromatic N) is 3. The van der Waals surface area contributed by atoms with E-state index >= 15 is 0 Å². The Kier molecular flexibility index (Phi) is 6.68. The third-order valence-corrected chi connectivity index (χ3v) is 5.84. The van der Waals surface area contributed by atoms with Gasteiger partial charge in [-0.25, -0.2) is 9.78 Å². The average molecular weight is 424 g/mol. The van der Waals surface area contributed by atoms with E-state index in [0.29, 0.717) is 24.9 Å². The lowest BCUT2D eigenvalue weighted by Gasteiger charge is -2.35. The maximum absolute atomic E-state index is 12.5. The van der Waals surface area contributed by atoms with Crippen LogP contribution < -0.4 is 10.6 Å². The average Bonchev–Trinajstić information content (AvgIpc) is 3.25. The number of hydrogen-bond acceptors (Lipinski definition) is 6. The molecule has 1 unspecified atom stereocenters. The first-order chi connectivity index (χ1) is 14.7.